The van der Waals surface area contributed by atoms with E-state index in [0.29, 0.717) is 0 Å². The van der Waals surface area contributed by atoms with Gasteiger partial charge < -0.3 is 21.9 Å². The summed E-state index contributed by atoms with van der Waals surface area (Å²) >= 11 is 0. The minimum absolute atomic E-state index is 0. The molecule has 0 unspecified atom stereocenters. The summed E-state index contributed by atoms with van der Waals surface area (Å²) in [6.45, 7) is 0. The van der Waals surface area contributed by atoms with Gasteiger partial charge in [0.2, 0.25) is 0 Å². The summed E-state index contributed by atoms with van der Waals surface area (Å²) in [5, 5.41) is 0. The topological polar surface area (TPSA) is 114 Å². The average Bonchev–Trinajstić information content (AvgIpc) is 0. The van der Waals surface area contributed by atoms with Crippen LogP contribution in [-0.4, -0.2) is 0 Å². The van der Waals surface area contributed by atoms with Crippen LogP contribution in [0.3, 0.4) is 0 Å². The van der Waals surface area contributed by atoms with Gasteiger partial charge in [-0.15, -0.1) is 0 Å². The molecule has 36 valence electrons. The third kappa shape index (κ3) is 65.2. The van der Waals surface area contributed by atoms with Gasteiger partial charge in [-0.05, 0) is 0 Å². The van der Waals surface area contributed by atoms with Crippen molar-refractivity contribution in [1.82, 2.24) is 0 Å². The third-order valence-corrected chi connectivity index (χ3v) is 0. The molecule has 0 bridgehead atoms. The Morgan fingerprint density at radius 1 is 0.500 bits per heavy atom. The first kappa shape index (κ1) is 198. The zero-order valence-electron chi connectivity index (χ0n) is 2.49. The van der Waals surface area contributed by atoms with Crippen molar-refractivity contribution in [2.24, 2.45) is 0 Å². The smallest absolute Gasteiger partial charge is 2.00 e. The second-order valence-corrected chi connectivity index (χ2v) is 0. The Bertz CT molecular complexity index is 7.51. The van der Waals surface area contributed by atoms with Crippen LogP contribution in [0.15, 0.2) is 0 Å². The van der Waals surface area contributed by atoms with Crippen LogP contribution in [-0.2, 0) is 63.1 Å². The summed E-state index contributed by atoms with van der Waals surface area (Å²) in [7, 11) is 0. The van der Waals surface area contributed by atoms with Gasteiger partial charge >= 0.3 is 41.2 Å². The summed E-state index contributed by atoms with van der Waals surface area (Å²) in [5.74, 6) is 0. The SMILES string of the molecule is [O-2].[O-2].[O-2].[O-2].[Ru+4].[Ti+4]. The van der Waals surface area contributed by atoms with Gasteiger partial charge in [0.1, 0.15) is 0 Å². The summed E-state index contributed by atoms with van der Waals surface area (Å²) in [6.07, 6.45) is 0. The van der Waals surface area contributed by atoms with Crippen molar-refractivity contribution < 1.29 is 63.1 Å². The van der Waals surface area contributed by atoms with Crippen molar-refractivity contribution in [1.29, 1.82) is 0 Å². The van der Waals surface area contributed by atoms with Crippen LogP contribution in [0, 0.1) is 0 Å². The van der Waals surface area contributed by atoms with Gasteiger partial charge in [0.25, 0.3) is 0 Å². The molecular formula is O4RuTi. The van der Waals surface area contributed by atoms with Gasteiger partial charge in [-0.3, -0.25) is 0 Å². The number of hydrogen-bond donors (Lipinski definition) is 0. The predicted octanol–water partition coefficient (Wildman–Crippen LogP) is -0.480. The molecule has 0 aliphatic carbocycles. The molecule has 0 radical (unpaired) electrons. The molecule has 0 atom stereocenters. The van der Waals surface area contributed by atoms with E-state index in [0.717, 1.165) is 0 Å². The van der Waals surface area contributed by atoms with Crippen LogP contribution in [0.25, 0.3) is 0 Å². The van der Waals surface area contributed by atoms with Gasteiger partial charge in [-0.25, -0.2) is 0 Å². The molecule has 0 rings (SSSR count). The molecule has 0 spiro atoms. The zero-order chi connectivity index (χ0) is 0. The van der Waals surface area contributed by atoms with Crippen molar-refractivity contribution in [3.05, 3.63) is 0 Å². The van der Waals surface area contributed by atoms with Crippen LogP contribution in [0.1, 0.15) is 0 Å². The van der Waals surface area contributed by atoms with E-state index in [4.69, 9.17) is 0 Å². The van der Waals surface area contributed by atoms with Crippen LogP contribution in [0.4, 0.5) is 0 Å². The Morgan fingerprint density at radius 3 is 0.500 bits per heavy atom. The van der Waals surface area contributed by atoms with Crippen LogP contribution < -0.4 is 0 Å². The van der Waals surface area contributed by atoms with Crippen molar-refractivity contribution in [3.63, 3.8) is 0 Å². The fourth-order valence-corrected chi connectivity index (χ4v) is 0. The second-order valence-electron chi connectivity index (χ2n) is 0. The van der Waals surface area contributed by atoms with Gasteiger partial charge in [-0.2, -0.15) is 0 Å². The molecule has 0 aliphatic rings. The maximum Gasteiger partial charge on any atom is 4.00 e. The predicted molar refractivity (Wildman–Crippen MR) is 2.75 cm³/mol. The normalized spacial score (nSPS) is 0. The average molecular weight is 213 g/mol. The van der Waals surface area contributed by atoms with Crippen LogP contribution in [0.5, 0.6) is 0 Å². The Labute approximate surface area is 63.2 Å². The maximum atomic E-state index is 0. The van der Waals surface area contributed by atoms with Gasteiger partial charge in [0, 0.05) is 0 Å². The first-order valence-electron chi connectivity index (χ1n) is 0. The molecule has 0 aromatic carbocycles. The standard InChI is InChI=1S/4O.Ru.Ti/q4*-2;2*+4. The van der Waals surface area contributed by atoms with E-state index in [9.17, 15) is 0 Å². The van der Waals surface area contributed by atoms with Crippen LogP contribution in [0.2, 0.25) is 0 Å². The summed E-state index contributed by atoms with van der Waals surface area (Å²) in [5.41, 5.74) is 0. The van der Waals surface area contributed by atoms with E-state index >= 15 is 0 Å². The third-order valence-electron chi connectivity index (χ3n) is 0. The zero-order valence-corrected chi connectivity index (χ0v) is 5.79. The van der Waals surface area contributed by atoms with E-state index in [2.05, 4.69) is 0 Å². The molecule has 0 aromatic rings. The molecule has 0 amide bonds. The Hall–Kier alpha value is 1.18. The van der Waals surface area contributed by atoms with E-state index in [1.165, 1.54) is 0 Å². The van der Waals surface area contributed by atoms with Crippen molar-refractivity contribution in [2.45, 2.75) is 0 Å². The number of rotatable bonds is 0. The molecular weight excluding hydrogens is 213 g/mol. The number of hydrogen-bond acceptors (Lipinski definition) is 0. The molecule has 0 saturated heterocycles. The largest absolute Gasteiger partial charge is 4.00 e. The van der Waals surface area contributed by atoms with Crippen molar-refractivity contribution in [3.8, 4) is 0 Å². The summed E-state index contributed by atoms with van der Waals surface area (Å²) < 4.78 is 0. The minimum atomic E-state index is 0. The van der Waals surface area contributed by atoms with Gasteiger partial charge in [-0.1, -0.05) is 0 Å². The fraction of sp³-hybridized carbons (Fsp3) is 0. The Kier molecular flexibility index (Phi) is 3930. The Morgan fingerprint density at radius 2 is 0.500 bits per heavy atom. The molecule has 0 aliphatic heterocycles. The molecule has 6 heteroatoms. The van der Waals surface area contributed by atoms with Crippen molar-refractivity contribution >= 4 is 0 Å². The first-order valence-corrected chi connectivity index (χ1v) is 0. The van der Waals surface area contributed by atoms with Gasteiger partial charge in [0.05, 0.1) is 0 Å². The molecule has 0 saturated carbocycles. The molecule has 0 N–H and O–H groups in total. The van der Waals surface area contributed by atoms with E-state index < -0.39 is 0 Å². The maximum absolute atomic E-state index is 0. The molecule has 4 nitrogen and oxygen atoms in total. The van der Waals surface area contributed by atoms with Crippen LogP contribution >= 0.6 is 0 Å². The Balaban J connectivity index is 0. The molecule has 0 heterocycles. The van der Waals surface area contributed by atoms with E-state index in [1.54, 1.807) is 0 Å². The van der Waals surface area contributed by atoms with E-state index in [-0.39, 0.29) is 63.1 Å². The summed E-state index contributed by atoms with van der Waals surface area (Å²) in [4.78, 5) is 0. The van der Waals surface area contributed by atoms with E-state index in [1.807, 2.05) is 0 Å². The van der Waals surface area contributed by atoms with Gasteiger partial charge in [0.15, 0.2) is 0 Å². The molecule has 6 heavy (non-hydrogen) atoms. The summed E-state index contributed by atoms with van der Waals surface area (Å²) in [6, 6.07) is 0. The quantitative estimate of drug-likeness (QED) is 0.483. The van der Waals surface area contributed by atoms with Crippen molar-refractivity contribution in [2.75, 3.05) is 0 Å². The minimum Gasteiger partial charge on any atom is -2.00 e. The monoisotopic (exact) mass is 214 g/mol. The second kappa shape index (κ2) is 119. The fourth-order valence-electron chi connectivity index (χ4n) is 0. The molecule has 0 aromatic heterocycles. The molecule has 0 fully saturated rings. The first-order chi connectivity index (χ1) is 0.